The van der Waals surface area contributed by atoms with Gasteiger partial charge in [0.15, 0.2) is 0 Å². The van der Waals surface area contributed by atoms with Crippen molar-refractivity contribution in [1.29, 1.82) is 0 Å². The van der Waals surface area contributed by atoms with Crippen molar-refractivity contribution in [2.75, 3.05) is 6.54 Å². The van der Waals surface area contributed by atoms with E-state index >= 15 is 0 Å². The van der Waals surface area contributed by atoms with Gasteiger partial charge in [0.25, 0.3) is 0 Å². The van der Waals surface area contributed by atoms with Gasteiger partial charge in [-0.3, -0.25) is 9.59 Å². The summed E-state index contributed by atoms with van der Waals surface area (Å²) >= 11 is 0. The summed E-state index contributed by atoms with van der Waals surface area (Å²) in [6.07, 6.45) is 8.47. The predicted molar refractivity (Wildman–Crippen MR) is 101 cm³/mol. The van der Waals surface area contributed by atoms with Gasteiger partial charge in [-0.2, -0.15) is 0 Å². The molecule has 4 nitrogen and oxygen atoms in total. The Morgan fingerprint density at radius 1 is 1.20 bits per heavy atom. The van der Waals surface area contributed by atoms with E-state index in [1.807, 2.05) is 44.2 Å². The number of hydrogen-bond donors (Lipinski definition) is 1. The average molecular weight is 342 g/mol. The molecule has 0 heterocycles. The summed E-state index contributed by atoms with van der Waals surface area (Å²) in [5, 5.41) is 3.00. The molecule has 0 unspecified atom stereocenters. The molecule has 0 aliphatic heterocycles. The minimum absolute atomic E-state index is 0.00138. The van der Waals surface area contributed by atoms with Crippen molar-refractivity contribution in [3.63, 3.8) is 0 Å². The lowest BCUT2D eigenvalue weighted by atomic mass is 9.97. The van der Waals surface area contributed by atoms with E-state index in [4.69, 9.17) is 0 Å². The third kappa shape index (κ3) is 6.04. The van der Waals surface area contributed by atoms with Crippen LogP contribution in [0.4, 0.5) is 0 Å². The first-order chi connectivity index (χ1) is 12.1. The molecule has 0 bridgehead atoms. The van der Waals surface area contributed by atoms with Crippen LogP contribution in [0.5, 0.6) is 0 Å². The molecule has 1 aromatic rings. The molecule has 0 fully saturated rings. The van der Waals surface area contributed by atoms with E-state index in [1.54, 1.807) is 4.90 Å². The van der Waals surface area contributed by atoms with Gasteiger partial charge in [-0.25, -0.2) is 0 Å². The second kappa shape index (κ2) is 10.0. The zero-order chi connectivity index (χ0) is 18.1. The summed E-state index contributed by atoms with van der Waals surface area (Å²) in [7, 11) is 0. The first-order valence-corrected chi connectivity index (χ1v) is 9.40. The van der Waals surface area contributed by atoms with E-state index in [2.05, 4.69) is 11.4 Å². The van der Waals surface area contributed by atoms with Crippen LogP contribution in [0.1, 0.15) is 57.9 Å². The Morgan fingerprint density at radius 3 is 2.60 bits per heavy atom. The van der Waals surface area contributed by atoms with Crippen LogP contribution in [-0.4, -0.2) is 29.3 Å². The summed E-state index contributed by atoms with van der Waals surface area (Å²) in [6.45, 7) is 4.76. The molecule has 2 amide bonds. The molecule has 4 heteroatoms. The van der Waals surface area contributed by atoms with E-state index in [-0.39, 0.29) is 11.8 Å². The largest absolute Gasteiger partial charge is 0.354 e. The van der Waals surface area contributed by atoms with E-state index in [0.717, 1.165) is 24.8 Å². The Balaban J connectivity index is 1.90. The van der Waals surface area contributed by atoms with Crippen molar-refractivity contribution < 1.29 is 9.59 Å². The zero-order valence-corrected chi connectivity index (χ0v) is 15.5. The van der Waals surface area contributed by atoms with Gasteiger partial charge >= 0.3 is 0 Å². The molecule has 1 aliphatic rings. The maximum absolute atomic E-state index is 12.5. The second-order valence-corrected chi connectivity index (χ2v) is 6.69. The molecule has 0 saturated heterocycles. The molecule has 0 saturated carbocycles. The quantitative estimate of drug-likeness (QED) is 0.730. The Hall–Kier alpha value is -2.10. The van der Waals surface area contributed by atoms with Crippen molar-refractivity contribution in [2.45, 2.75) is 65.0 Å². The number of carbonyl (C=O) groups excluding carboxylic acids is 2. The van der Waals surface area contributed by atoms with Crippen LogP contribution in [0.2, 0.25) is 0 Å². The van der Waals surface area contributed by atoms with E-state index in [0.29, 0.717) is 19.5 Å². The minimum Gasteiger partial charge on any atom is -0.354 e. The van der Waals surface area contributed by atoms with E-state index < -0.39 is 6.04 Å². The number of allylic oxidation sites excluding steroid dienone is 1. The number of nitrogens with one attached hydrogen (secondary N) is 1. The number of benzene rings is 1. The van der Waals surface area contributed by atoms with Crippen molar-refractivity contribution >= 4 is 11.8 Å². The molecule has 136 valence electrons. The smallest absolute Gasteiger partial charge is 0.242 e. The van der Waals surface area contributed by atoms with Gasteiger partial charge in [0, 0.05) is 19.5 Å². The standard InChI is InChI=1S/C21H30N2O2/c1-3-20(24)23(16-19-12-8-5-9-13-19)17(2)21(25)22-15-14-18-10-6-4-7-11-18/h5,8-10,12-13,17H,3-4,6-7,11,14-16H2,1-2H3,(H,22,25)/t17-/m1/s1. The Kier molecular flexibility index (Phi) is 7.71. The highest BCUT2D eigenvalue weighted by Crippen LogP contribution is 2.19. The summed E-state index contributed by atoms with van der Waals surface area (Å²) in [5.41, 5.74) is 2.49. The lowest BCUT2D eigenvalue weighted by Gasteiger charge is -2.28. The number of nitrogens with zero attached hydrogens (tertiary/aromatic N) is 1. The maximum atomic E-state index is 12.5. The normalized spacial score (nSPS) is 15.2. The highest BCUT2D eigenvalue weighted by atomic mass is 16.2. The van der Waals surface area contributed by atoms with Crippen LogP contribution in [0.3, 0.4) is 0 Å². The van der Waals surface area contributed by atoms with Gasteiger partial charge in [0.1, 0.15) is 6.04 Å². The van der Waals surface area contributed by atoms with Crippen molar-refractivity contribution in [3.8, 4) is 0 Å². The molecule has 1 aromatic carbocycles. The topological polar surface area (TPSA) is 49.4 Å². The molecule has 2 rings (SSSR count). The van der Waals surface area contributed by atoms with Crippen LogP contribution >= 0.6 is 0 Å². The molecule has 0 aromatic heterocycles. The summed E-state index contributed by atoms with van der Waals surface area (Å²) in [4.78, 5) is 26.5. The fourth-order valence-corrected chi connectivity index (χ4v) is 3.19. The van der Waals surface area contributed by atoms with Crippen LogP contribution < -0.4 is 5.32 Å². The van der Waals surface area contributed by atoms with Gasteiger partial charge in [-0.1, -0.05) is 48.9 Å². The molecule has 25 heavy (non-hydrogen) atoms. The van der Waals surface area contributed by atoms with Crippen LogP contribution in [0.15, 0.2) is 42.0 Å². The predicted octanol–water partition coefficient (Wildman–Crippen LogP) is 3.82. The molecular weight excluding hydrogens is 312 g/mol. The summed E-state index contributed by atoms with van der Waals surface area (Å²) < 4.78 is 0. The molecule has 1 aliphatic carbocycles. The first kappa shape index (κ1) is 19.2. The van der Waals surface area contributed by atoms with E-state index in [9.17, 15) is 9.59 Å². The summed E-state index contributed by atoms with van der Waals surface area (Å²) in [5.74, 6) is -0.0735. The first-order valence-electron chi connectivity index (χ1n) is 9.40. The molecule has 1 N–H and O–H groups in total. The van der Waals surface area contributed by atoms with Gasteiger partial charge < -0.3 is 10.2 Å². The SMILES string of the molecule is CCC(=O)N(Cc1ccccc1)[C@H](C)C(=O)NCCC1=CCCCC1. The minimum atomic E-state index is -0.465. The summed E-state index contributed by atoms with van der Waals surface area (Å²) in [6, 6.07) is 9.35. The Labute approximate surface area is 151 Å². The number of hydrogen-bond acceptors (Lipinski definition) is 2. The fourth-order valence-electron chi connectivity index (χ4n) is 3.19. The van der Waals surface area contributed by atoms with Gasteiger partial charge in [-0.15, -0.1) is 0 Å². The molecular formula is C21H30N2O2. The van der Waals surface area contributed by atoms with Crippen LogP contribution in [0.25, 0.3) is 0 Å². The Bertz CT molecular complexity index is 595. The second-order valence-electron chi connectivity index (χ2n) is 6.69. The highest BCUT2D eigenvalue weighted by molar-refractivity contribution is 5.87. The van der Waals surface area contributed by atoms with Crippen LogP contribution in [0, 0.1) is 0 Å². The maximum Gasteiger partial charge on any atom is 0.242 e. The third-order valence-electron chi connectivity index (χ3n) is 4.80. The lowest BCUT2D eigenvalue weighted by molar-refractivity contribution is -0.140. The lowest BCUT2D eigenvalue weighted by Crippen LogP contribution is -2.47. The Morgan fingerprint density at radius 2 is 1.96 bits per heavy atom. The molecule has 0 radical (unpaired) electrons. The molecule has 0 spiro atoms. The third-order valence-corrected chi connectivity index (χ3v) is 4.80. The number of amides is 2. The average Bonchev–Trinajstić information content (AvgIpc) is 2.66. The number of carbonyl (C=O) groups is 2. The molecule has 1 atom stereocenters. The van der Waals surface area contributed by atoms with E-state index in [1.165, 1.54) is 18.4 Å². The van der Waals surface area contributed by atoms with Crippen LogP contribution in [-0.2, 0) is 16.1 Å². The monoisotopic (exact) mass is 342 g/mol. The van der Waals surface area contributed by atoms with Crippen molar-refractivity contribution in [1.82, 2.24) is 10.2 Å². The van der Waals surface area contributed by atoms with Gasteiger partial charge in [-0.05, 0) is 44.6 Å². The van der Waals surface area contributed by atoms with Gasteiger partial charge in [0.2, 0.25) is 11.8 Å². The zero-order valence-electron chi connectivity index (χ0n) is 15.5. The van der Waals surface area contributed by atoms with Gasteiger partial charge in [0.05, 0.1) is 0 Å². The fraction of sp³-hybridized carbons (Fsp3) is 0.524. The highest BCUT2D eigenvalue weighted by Gasteiger charge is 2.24. The van der Waals surface area contributed by atoms with Crippen molar-refractivity contribution in [3.05, 3.63) is 47.5 Å². The number of rotatable bonds is 8. The van der Waals surface area contributed by atoms with Crippen molar-refractivity contribution in [2.24, 2.45) is 0 Å².